The number of hydrogen-bond donors (Lipinski definition) is 1. The normalized spacial score (nSPS) is 12.9. The molecule has 0 aliphatic heterocycles. The third-order valence-electron chi connectivity index (χ3n) is 1.84. The molecule has 0 radical (unpaired) electrons. The molecule has 1 unspecified atom stereocenters. The van der Waals surface area contributed by atoms with E-state index in [0.29, 0.717) is 16.7 Å². The van der Waals surface area contributed by atoms with Crippen LogP contribution in [0.1, 0.15) is 30.8 Å². The highest BCUT2D eigenvalue weighted by molar-refractivity contribution is 9.10. The fourth-order valence-corrected chi connectivity index (χ4v) is 1.68. The van der Waals surface area contributed by atoms with Crippen molar-refractivity contribution in [3.63, 3.8) is 0 Å². The van der Waals surface area contributed by atoms with Crippen LogP contribution < -0.4 is 0 Å². The lowest BCUT2D eigenvalue weighted by Gasteiger charge is -2.07. The van der Waals surface area contributed by atoms with Gasteiger partial charge in [0.15, 0.2) is 0 Å². The van der Waals surface area contributed by atoms with Gasteiger partial charge in [-0.1, -0.05) is 6.92 Å². The highest BCUT2D eigenvalue weighted by Gasteiger charge is 2.20. The predicted molar refractivity (Wildman–Crippen MR) is 56.2 cm³/mol. The summed E-state index contributed by atoms with van der Waals surface area (Å²) in [6, 6.07) is 0. The highest BCUT2D eigenvalue weighted by atomic mass is 79.9. The topological polar surface area (TPSA) is 55.1 Å². The average Bonchev–Trinajstić information content (AvgIpc) is 2.47. The Labute approximate surface area is 91.1 Å². The van der Waals surface area contributed by atoms with Crippen molar-refractivity contribution >= 4 is 21.7 Å². The Balaban J connectivity index is 3.04. The first-order valence-corrected chi connectivity index (χ1v) is 5.30. The summed E-state index contributed by atoms with van der Waals surface area (Å²) in [6.45, 7) is 4.14. The van der Waals surface area contributed by atoms with Gasteiger partial charge in [0, 0.05) is 6.54 Å². The van der Waals surface area contributed by atoms with Crippen molar-refractivity contribution in [2.45, 2.75) is 32.9 Å². The predicted octanol–water partition coefficient (Wildman–Crippen LogP) is 1.62. The minimum absolute atomic E-state index is 0.303. The van der Waals surface area contributed by atoms with Crippen LogP contribution in [0.2, 0.25) is 0 Å². The molecule has 14 heavy (non-hydrogen) atoms. The second-order valence-electron chi connectivity index (χ2n) is 3.10. The number of aliphatic hydroxyl groups excluding tert-OH is 1. The monoisotopic (exact) mass is 260 g/mol. The van der Waals surface area contributed by atoms with Crippen molar-refractivity contribution < 1.29 is 9.90 Å². The third kappa shape index (κ3) is 2.22. The lowest BCUT2D eigenvalue weighted by atomic mass is 10.2. The first kappa shape index (κ1) is 11.4. The molecule has 4 nitrogen and oxygen atoms in total. The number of carbonyl (C=O) groups excluding carboxylic acids is 1. The molecule has 0 aromatic carbocycles. The van der Waals surface area contributed by atoms with E-state index in [4.69, 9.17) is 0 Å². The molecular formula is C9H13BrN2O2. The third-order valence-corrected chi connectivity index (χ3v) is 2.42. The van der Waals surface area contributed by atoms with Gasteiger partial charge in [-0.3, -0.25) is 9.48 Å². The fourth-order valence-electron chi connectivity index (χ4n) is 1.19. The zero-order chi connectivity index (χ0) is 10.7. The van der Waals surface area contributed by atoms with Crippen LogP contribution in [0.15, 0.2) is 10.7 Å². The maximum absolute atomic E-state index is 11.6. The number of aryl methyl sites for hydroxylation is 1. The van der Waals surface area contributed by atoms with Crippen LogP contribution >= 0.6 is 15.9 Å². The number of rotatable bonds is 4. The number of carbonyl (C=O) groups is 1. The molecule has 0 aliphatic carbocycles. The van der Waals surface area contributed by atoms with Crippen LogP contribution in [0.5, 0.6) is 0 Å². The molecule has 78 valence electrons. The lowest BCUT2D eigenvalue weighted by molar-refractivity contribution is 0.0766. The number of nitrogens with zero attached hydrogens (tertiary/aromatic N) is 2. The Morgan fingerprint density at radius 2 is 2.43 bits per heavy atom. The van der Waals surface area contributed by atoms with Crippen LogP contribution in [0.4, 0.5) is 0 Å². The lowest BCUT2D eigenvalue weighted by Crippen LogP contribution is -2.21. The van der Waals surface area contributed by atoms with Crippen molar-refractivity contribution in [2.24, 2.45) is 0 Å². The van der Waals surface area contributed by atoms with Gasteiger partial charge in [-0.15, -0.1) is 0 Å². The second-order valence-corrected chi connectivity index (χ2v) is 3.96. The summed E-state index contributed by atoms with van der Waals surface area (Å²) in [6.07, 6.45) is 1.48. The zero-order valence-electron chi connectivity index (χ0n) is 8.20. The standard InChI is InChI=1S/C9H13BrN2O2/c1-3-4-12-8(7(10)5-11-12)9(14)6(2)13/h5-6,13H,3-4H2,1-2H3. The molecule has 1 heterocycles. The van der Waals surface area contributed by atoms with E-state index in [1.807, 2.05) is 6.92 Å². The van der Waals surface area contributed by atoms with Gasteiger partial charge in [0.25, 0.3) is 0 Å². The Morgan fingerprint density at radius 3 is 2.93 bits per heavy atom. The number of Topliss-reactive ketones (excluding diaryl/α,β-unsaturated/α-hetero) is 1. The first-order valence-electron chi connectivity index (χ1n) is 4.51. The van der Waals surface area contributed by atoms with Crippen LogP contribution in [-0.2, 0) is 6.54 Å². The number of aromatic nitrogens is 2. The molecule has 0 amide bonds. The maximum atomic E-state index is 11.6. The van der Waals surface area contributed by atoms with Gasteiger partial charge in [0.05, 0.1) is 10.7 Å². The molecule has 0 spiro atoms. The molecule has 0 saturated heterocycles. The van der Waals surface area contributed by atoms with E-state index in [0.717, 1.165) is 6.42 Å². The van der Waals surface area contributed by atoms with Crippen LogP contribution in [0.25, 0.3) is 0 Å². The van der Waals surface area contributed by atoms with Crippen molar-refractivity contribution in [1.82, 2.24) is 9.78 Å². The van der Waals surface area contributed by atoms with Crippen LogP contribution in [-0.4, -0.2) is 26.8 Å². The number of hydrogen-bond acceptors (Lipinski definition) is 3. The molecule has 1 atom stereocenters. The quantitative estimate of drug-likeness (QED) is 0.838. The Hall–Kier alpha value is -0.680. The first-order chi connectivity index (χ1) is 6.57. The largest absolute Gasteiger partial charge is 0.385 e. The number of aliphatic hydroxyl groups is 1. The van der Waals surface area contributed by atoms with Gasteiger partial charge < -0.3 is 5.11 Å². The van der Waals surface area contributed by atoms with Gasteiger partial charge >= 0.3 is 0 Å². The molecular weight excluding hydrogens is 248 g/mol. The van der Waals surface area contributed by atoms with E-state index < -0.39 is 6.10 Å². The number of halogens is 1. The molecule has 0 fully saturated rings. The molecule has 5 heteroatoms. The van der Waals surface area contributed by atoms with Crippen molar-refractivity contribution in [3.8, 4) is 0 Å². The minimum atomic E-state index is -0.987. The minimum Gasteiger partial charge on any atom is -0.385 e. The fraction of sp³-hybridized carbons (Fsp3) is 0.556. The average molecular weight is 261 g/mol. The molecule has 0 aliphatic rings. The van der Waals surface area contributed by atoms with E-state index in [1.165, 1.54) is 6.92 Å². The molecule has 1 rings (SSSR count). The van der Waals surface area contributed by atoms with E-state index in [1.54, 1.807) is 10.9 Å². The maximum Gasteiger partial charge on any atom is 0.210 e. The van der Waals surface area contributed by atoms with Crippen LogP contribution in [0.3, 0.4) is 0 Å². The summed E-state index contributed by atoms with van der Waals surface area (Å²) in [5, 5.41) is 13.2. The molecule has 1 N–H and O–H groups in total. The Kier molecular flexibility index (Phi) is 3.83. The smallest absolute Gasteiger partial charge is 0.210 e. The van der Waals surface area contributed by atoms with E-state index in [9.17, 15) is 9.90 Å². The molecule has 1 aromatic rings. The van der Waals surface area contributed by atoms with Crippen molar-refractivity contribution in [1.29, 1.82) is 0 Å². The van der Waals surface area contributed by atoms with Crippen molar-refractivity contribution in [2.75, 3.05) is 0 Å². The summed E-state index contributed by atoms with van der Waals surface area (Å²) in [4.78, 5) is 11.6. The second kappa shape index (κ2) is 4.70. The Bertz CT molecular complexity index is 334. The van der Waals surface area contributed by atoms with E-state index in [2.05, 4.69) is 21.0 Å². The zero-order valence-corrected chi connectivity index (χ0v) is 9.78. The summed E-state index contributed by atoms with van der Waals surface area (Å²) in [5.74, 6) is -0.303. The van der Waals surface area contributed by atoms with Gasteiger partial charge in [-0.2, -0.15) is 5.10 Å². The summed E-state index contributed by atoms with van der Waals surface area (Å²) >= 11 is 3.24. The molecule has 1 aromatic heterocycles. The van der Waals surface area contributed by atoms with Gasteiger partial charge in [0.2, 0.25) is 5.78 Å². The van der Waals surface area contributed by atoms with Gasteiger partial charge in [0.1, 0.15) is 11.8 Å². The highest BCUT2D eigenvalue weighted by Crippen LogP contribution is 2.18. The SMILES string of the molecule is CCCn1ncc(Br)c1C(=O)C(C)O. The van der Waals surface area contributed by atoms with Crippen molar-refractivity contribution in [3.05, 3.63) is 16.4 Å². The molecule has 0 saturated carbocycles. The summed E-state index contributed by atoms with van der Waals surface area (Å²) < 4.78 is 2.25. The number of ketones is 1. The summed E-state index contributed by atoms with van der Waals surface area (Å²) in [7, 11) is 0. The van der Waals surface area contributed by atoms with Crippen LogP contribution in [0, 0.1) is 0 Å². The molecule has 0 bridgehead atoms. The Morgan fingerprint density at radius 1 is 1.79 bits per heavy atom. The van der Waals surface area contributed by atoms with Gasteiger partial charge in [-0.05, 0) is 29.3 Å². The van der Waals surface area contributed by atoms with E-state index >= 15 is 0 Å². The summed E-state index contributed by atoms with van der Waals surface area (Å²) in [5.41, 5.74) is 0.446. The van der Waals surface area contributed by atoms with E-state index in [-0.39, 0.29) is 5.78 Å². The van der Waals surface area contributed by atoms with Gasteiger partial charge in [-0.25, -0.2) is 0 Å².